The minimum absolute atomic E-state index is 0.00274. The highest BCUT2D eigenvalue weighted by Gasteiger charge is 2.12. The van der Waals surface area contributed by atoms with E-state index < -0.39 is 30.1 Å². The lowest BCUT2D eigenvalue weighted by atomic mass is 10.3. The first-order chi connectivity index (χ1) is 12.5. The quantitative estimate of drug-likeness (QED) is 0.559. The molecule has 0 atom stereocenters. The maximum Gasteiger partial charge on any atom is 0.316 e. The Balaban J connectivity index is 1.80. The van der Waals surface area contributed by atoms with E-state index in [-0.39, 0.29) is 10.6 Å². The number of anilines is 1. The highest BCUT2D eigenvalue weighted by Crippen LogP contribution is 2.24. The highest BCUT2D eigenvalue weighted by molar-refractivity contribution is 8.00. The first-order valence-corrected chi connectivity index (χ1v) is 8.73. The molecule has 0 bridgehead atoms. The van der Waals surface area contributed by atoms with Gasteiger partial charge in [0.25, 0.3) is 5.91 Å². The molecule has 26 heavy (non-hydrogen) atoms. The van der Waals surface area contributed by atoms with Crippen LogP contribution in [0.15, 0.2) is 47.4 Å². The number of nitrogens with one attached hydrogen (secondary N) is 1. The van der Waals surface area contributed by atoms with Crippen molar-refractivity contribution in [3.05, 3.63) is 54.1 Å². The van der Waals surface area contributed by atoms with Gasteiger partial charge in [-0.2, -0.15) is 0 Å². The van der Waals surface area contributed by atoms with Gasteiger partial charge in [-0.1, -0.05) is 12.1 Å². The third kappa shape index (κ3) is 6.03. The summed E-state index contributed by atoms with van der Waals surface area (Å²) in [5, 5.41) is 2.58. The molecule has 8 heteroatoms. The average molecular weight is 381 g/mol. The molecule has 0 saturated heterocycles. The number of carbonyl (C=O) groups is 2. The summed E-state index contributed by atoms with van der Waals surface area (Å²) in [6.45, 7) is 1.76. The van der Waals surface area contributed by atoms with Crippen molar-refractivity contribution in [2.24, 2.45) is 0 Å². The van der Waals surface area contributed by atoms with Crippen molar-refractivity contribution in [3.8, 4) is 5.75 Å². The summed E-state index contributed by atoms with van der Waals surface area (Å²) in [6.07, 6.45) is 0. The Bertz CT molecular complexity index is 786. The minimum Gasteiger partial charge on any atom is -0.492 e. The van der Waals surface area contributed by atoms with Gasteiger partial charge < -0.3 is 14.8 Å². The molecule has 0 spiro atoms. The molecule has 0 saturated carbocycles. The van der Waals surface area contributed by atoms with Crippen LogP contribution in [0.1, 0.15) is 6.92 Å². The molecule has 0 radical (unpaired) electrons. The van der Waals surface area contributed by atoms with Crippen LogP contribution in [0.25, 0.3) is 0 Å². The maximum atomic E-state index is 13.5. The topological polar surface area (TPSA) is 64.6 Å². The Hall–Kier alpha value is -2.61. The summed E-state index contributed by atoms with van der Waals surface area (Å²) >= 11 is 0.793. The largest absolute Gasteiger partial charge is 0.492 e. The van der Waals surface area contributed by atoms with Crippen molar-refractivity contribution in [1.29, 1.82) is 0 Å². The number of hydrogen-bond acceptors (Lipinski definition) is 5. The molecule has 1 amide bonds. The Labute approximate surface area is 153 Å². The molecule has 5 nitrogen and oxygen atoms in total. The van der Waals surface area contributed by atoms with Gasteiger partial charge in [0, 0.05) is 4.90 Å². The summed E-state index contributed by atoms with van der Waals surface area (Å²) < 4.78 is 36.7. The molecule has 0 fully saturated rings. The summed E-state index contributed by atoms with van der Waals surface area (Å²) in [6, 6.07) is 9.82. The van der Waals surface area contributed by atoms with Gasteiger partial charge in [-0.15, -0.1) is 11.8 Å². The molecule has 1 N–H and O–H groups in total. The number of rotatable bonds is 8. The van der Waals surface area contributed by atoms with Crippen LogP contribution in [0.5, 0.6) is 5.75 Å². The van der Waals surface area contributed by atoms with Crippen LogP contribution >= 0.6 is 11.8 Å². The van der Waals surface area contributed by atoms with E-state index in [0.29, 0.717) is 18.0 Å². The van der Waals surface area contributed by atoms with Crippen molar-refractivity contribution in [2.45, 2.75) is 11.8 Å². The molecule has 0 unspecified atom stereocenters. The molecule has 0 aliphatic rings. The van der Waals surface area contributed by atoms with Crippen molar-refractivity contribution < 1.29 is 27.8 Å². The van der Waals surface area contributed by atoms with Crippen LogP contribution in [-0.4, -0.2) is 30.8 Å². The second-order valence-corrected chi connectivity index (χ2v) is 6.02. The lowest BCUT2D eigenvalue weighted by Gasteiger charge is -2.11. The second kappa shape index (κ2) is 9.76. The zero-order valence-electron chi connectivity index (χ0n) is 14.0. The highest BCUT2D eigenvalue weighted by atomic mass is 32.2. The van der Waals surface area contributed by atoms with Crippen LogP contribution in [0.4, 0.5) is 14.5 Å². The van der Waals surface area contributed by atoms with Crippen LogP contribution in [0.2, 0.25) is 0 Å². The second-order valence-electron chi connectivity index (χ2n) is 5.00. The molecule has 0 aliphatic heterocycles. The van der Waals surface area contributed by atoms with Crippen molar-refractivity contribution in [2.75, 3.05) is 24.3 Å². The molecular formula is C18H17F2NO4S. The SMILES string of the molecule is CCOc1ccccc1NC(=O)COC(=O)CSc1cc(F)ccc1F. The van der Waals surface area contributed by atoms with Gasteiger partial charge in [-0.25, -0.2) is 8.78 Å². The molecule has 2 rings (SSSR count). The predicted octanol–water partition coefficient (Wildman–Crippen LogP) is 3.64. The van der Waals surface area contributed by atoms with Gasteiger partial charge in [0.1, 0.15) is 17.4 Å². The van der Waals surface area contributed by atoms with Gasteiger partial charge in [-0.3, -0.25) is 9.59 Å². The van der Waals surface area contributed by atoms with Gasteiger partial charge in [0.2, 0.25) is 0 Å². The Morgan fingerprint density at radius 3 is 2.69 bits per heavy atom. The Morgan fingerprint density at radius 2 is 1.92 bits per heavy atom. The van der Waals surface area contributed by atoms with Crippen LogP contribution in [0, 0.1) is 11.6 Å². The average Bonchev–Trinajstić information content (AvgIpc) is 2.62. The molecule has 138 valence electrons. The summed E-state index contributed by atoms with van der Waals surface area (Å²) in [7, 11) is 0. The number of hydrogen-bond donors (Lipinski definition) is 1. The van der Waals surface area contributed by atoms with E-state index in [0.717, 1.165) is 30.0 Å². The fraction of sp³-hybridized carbons (Fsp3) is 0.222. The van der Waals surface area contributed by atoms with Crippen LogP contribution in [-0.2, 0) is 14.3 Å². The normalized spacial score (nSPS) is 10.3. The van der Waals surface area contributed by atoms with Gasteiger partial charge >= 0.3 is 5.97 Å². The Morgan fingerprint density at radius 1 is 1.15 bits per heavy atom. The lowest BCUT2D eigenvalue weighted by Crippen LogP contribution is -2.22. The number of halogens is 2. The van der Waals surface area contributed by atoms with Crippen molar-refractivity contribution in [1.82, 2.24) is 0 Å². The summed E-state index contributed by atoms with van der Waals surface area (Å²) in [5.74, 6) is -2.22. The fourth-order valence-electron chi connectivity index (χ4n) is 1.95. The standard InChI is InChI=1S/C18H17F2NO4S/c1-2-24-15-6-4-3-5-14(15)21-17(22)10-25-18(23)11-26-16-9-12(19)7-8-13(16)20/h3-9H,2,10-11H2,1H3,(H,21,22). The molecule has 0 aliphatic carbocycles. The number of para-hydroxylation sites is 2. The van der Waals surface area contributed by atoms with E-state index >= 15 is 0 Å². The summed E-state index contributed by atoms with van der Waals surface area (Å²) in [5.41, 5.74) is 0.464. The van der Waals surface area contributed by atoms with Crippen molar-refractivity contribution >= 4 is 29.3 Å². The molecule has 0 aromatic heterocycles. The number of amides is 1. The fourth-order valence-corrected chi connectivity index (χ4v) is 2.71. The van der Waals surface area contributed by atoms with E-state index in [4.69, 9.17) is 9.47 Å². The van der Waals surface area contributed by atoms with E-state index in [9.17, 15) is 18.4 Å². The van der Waals surface area contributed by atoms with Crippen molar-refractivity contribution in [3.63, 3.8) is 0 Å². The molecule has 2 aromatic carbocycles. The maximum absolute atomic E-state index is 13.5. The minimum atomic E-state index is -0.716. The van der Waals surface area contributed by atoms with E-state index in [1.54, 1.807) is 24.3 Å². The molecular weight excluding hydrogens is 364 g/mol. The number of thioether (sulfide) groups is 1. The third-order valence-electron chi connectivity index (χ3n) is 3.06. The first kappa shape index (κ1) is 19.7. The predicted molar refractivity (Wildman–Crippen MR) is 94.3 cm³/mol. The van der Waals surface area contributed by atoms with Crippen LogP contribution in [0.3, 0.4) is 0 Å². The van der Waals surface area contributed by atoms with Gasteiger partial charge in [0.05, 0.1) is 18.0 Å². The lowest BCUT2D eigenvalue weighted by molar-refractivity contribution is -0.144. The smallest absolute Gasteiger partial charge is 0.316 e. The Kier molecular flexibility index (Phi) is 7.40. The van der Waals surface area contributed by atoms with Gasteiger partial charge in [0.15, 0.2) is 6.61 Å². The third-order valence-corrected chi connectivity index (χ3v) is 4.07. The first-order valence-electron chi connectivity index (χ1n) is 7.74. The number of benzene rings is 2. The zero-order chi connectivity index (χ0) is 18.9. The summed E-state index contributed by atoms with van der Waals surface area (Å²) in [4.78, 5) is 23.6. The molecule has 2 aromatic rings. The van der Waals surface area contributed by atoms with E-state index in [1.807, 2.05) is 6.92 Å². The number of carbonyl (C=O) groups excluding carboxylic acids is 2. The zero-order valence-corrected chi connectivity index (χ0v) is 14.8. The molecule has 0 heterocycles. The number of ether oxygens (including phenoxy) is 2. The van der Waals surface area contributed by atoms with Gasteiger partial charge in [-0.05, 0) is 37.3 Å². The van der Waals surface area contributed by atoms with E-state index in [2.05, 4.69) is 5.32 Å². The van der Waals surface area contributed by atoms with Crippen LogP contribution < -0.4 is 10.1 Å². The number of esters is 1. The monoisotopic (exact) mass is 381 g/mol. The van der Waals surface area contributed by atoms with E-state index in [1.165, 1.54) is 0 Å².